The third kappa shape index (κ3) is 4.76. The molecule has 2 aliphatic heterocycles. The van der Waals surface area contributed by atoms with Crippen LogP contribution >= 0.6 is 11.3 Å². The molecule has 1 amide bonds. The third-order valence-electron chi connectivity index (χ3n) is 4.89. The Hall–Kier alpha value is -0.950. The van der Waals surface area contributed by atoms with Gasteiger partial charge in [0.2, 0.25) is 5.91 Å². The lowest BCUT2D eigenvalue weighted by Gasteiger charge is -2.33. The predicted molar refractivity (Wildman–Crippen MR) is 92.4 cm³/mol. The van der Waals surface area contributed by atoms with Crippen molar-refractivity contribution in [1.82, 2.24) is 15.1 Å². The van der Waals surface area contributed by atoms with E-state index in [0.29, 0.717) is 19.5 Å². The molecule has 3 rings (SSSR count). The Morgan fingerprint density at radius 3 is 2.87 bits per heavy atom. The number of aliphatic hydroxyl groups is 1. The number of thiophene rings is 1. The molecule has 5 nitrogen and oxygen atoms in total. The first-order chi connectivity index (χ1) is 11.2. The first kappa shape index (κ1) is 16.9. The molecule has 0 spiro atoms. The van der Waals surface area contributed by atoms with E-state index in [2.05, 4.69) is 15.1 Å². The summed E-state index contributed by atoms with van der Waals surface area (Å²) in [6, 6.07) is 4.29. The number of hydrogen-bond donors (Lipinski definition) is 2. The van der Waals surface area contributed by atoms with E-state index in [1.807, 2.05) is 17.5 Å². The zero-order chi connectivity index (χ0) is 16.1. The molecule has 23 heavy (non-hydrogen) atoms. The van der Waals surface area contributed by atoms with Crippen molar-refractivity contribution >= 4 is 17.2 Å². The summed E-state index contributed by atoms with van der Waals surface area (Å²) in [7, 11) is 0. The number of likely N-dealkylation sites (tertiary alicyclic amines) is 2. The van der Waals surface area contributed by atoms with E-state index in [4.69, 9.17) is 0 Å². The van der Waals surface area contributed by atoms with Crippen LogP contribution in [0.4, 0.5) is 0 Å². The molecule has 0 aromatic carbocycles. The number of amides is 1. The van der Waals surface area contributed by atoms with E-state index in [1.54, 1.807) is 11.3 Å². The highest BCUT2D eigenvalue weighted by atomic mass is 32.1. The standard InChI is InChI=1S/C17H27N3O2S/c21-16-13-19(12-15(16)20-7-2-1-3-8-20)9-6-17(22)18-11-14-5-4-10-23-14/h4-5,10,15-16,21H,1-3,6-9,11-13H2,(H,18,22)/t15-,16-/m0/s1. The fourth-order valence-electron chi connectivity index (χ4n) is 3.59. The fourth-order valence-corrected chi connectivity index (χ4v) is 4.23. The third-order valence-corrected chi connectivity index (χ3v) is 5.77. The van der Waals surface area contributed by atoms with Crippen LogP contribution in [0.5, 0.6) is 0 Å². The molecule has 3 heterocycles. The van der Waals surface area contributed by atoms with Gasteiger partial charge in [-0.2, -0.15) is 0 Å². The Morgan fingerprint density at radius 2 is 2.13 bits per heavy atom. The second-order valence-electron chi connectivity index (χ2n) is 6.60. The van der Waals surface area contributed by atoms with E-state index in [0.717, 1.165) is 26.2 Å². The van der Waals surface area contributed by atoms with Gasteiger partial charge in [-0.25, -0.2) is 0 Å². The zero-order valence-electron chi connectivity index (χ0n) is 13.6. The van der Waals surface area contributed by atoms with Gasteiger partial charge in [-0.3, -0.25) is 14.6 Å². The van der Waals surface area contributed by atoms with E-state index < -0.39 is 0 Å². The topological polar surface area (TPSA) is 55.8 Å². The van der Waals surface area contributed by atoms with Crippen molar-refractivity contribution < 1.29 is 9.90 Å². The Kier molecular flexibility index (Phi) is 6.05. The minimum Gasteiger partial charge on any atom is -0.390 e. The summed E-state index contributed by atoms with van der Waals surface area (Å²) in [6.07, 6.45) is 4.03. The average Bonchev–Trinajstić information content (AvgIpc) is 3.21. The highest BCUT2D eigenvalue weighted by Gasteiger charge is 2.35. The number of nitrogens with zero attached hydrogens (tertiary/aromatic N) is 2. The normalized spacial score (nSPS) is 26.5. The summed E-state index contributed by atoms with van der Waals surface area (Å²) in [5.41, 5.74) is 0. The molecule has 2 atom stereocenters. The van der Waals surface area contributed by atoms with Crippen LogP contribution in [0.3, 0.4) is 0 Å². The molecule has 6 heteroatoms. The Bertz CT molecular complexity index is 488. The van der Waals surface area contributed by atoms with Gasteiger partial charge in [-0.1, -0.05) is 12.5 Å². The quantitative estimate of drug-likeness (QED) is 0.821. The van der Waals surface area contributed by atoms with Crippen LogP contribution in [-0.4, -0.2) is 65.7 Å². The summed E-state index contributed by atoms with van der Waals surface area (Å²) >= 11 is 1.66. The van der Waals surface area contributed by atoms with E-state index >= 15 is 0 Å². The number of nitrogens with one attached hydrogen (secondary N) is 1. The van der Waals surface area contributed by atoms with Gasteiger partial charge in [-0.05, 0) is 37.4 Å². The lowest BCUT2D eigenvalue weighted by molar-refractivity contribution is -0.121. The molecule has 128 valence electrons. The summed E-state index contributed by atoms with van der Waals surface area (Å²) in [6.45, 7) is 5.15. The summed E-state index contributed by atoms with van der Waals surface area (Å²) in [4.78, 5) is 17.8. The van der Waals surface area contributed by atoms with Gasteiger partial charge in [-0.15, -0.1) is 11.3 Å². The molecule has 0 saturated carbocycles. The molecule has 1 aromatic heterocycles. The maximum atomic E-state index is 12.0. The lowest BCUT2D eigenvalue weighted by Crippen LogP contribution is -2.45. The maximum absolute atomic E-state index is 12.0. The summed E-state index contributed by atoms with van der Waals surface area (Å²) in [5, 5.41) is 15.3. The van der Waals surface area contributed by atoms with Crippen LogP contribution in [-0.2, 0) is 11.3 Å². The summed E-state index contributed by atoms with van der Waals surface area (Å²) in [5.74, 6) is 0.0920. The minimum atomic E-state index is -0.276. The zero-order valence-corrected chi connectivity index (χ0v) is 14.4. The lowest BCUT2D eigenvalue weighted by atomic mass is 10.1. The van der Waals surface area contributed by atoms with Gasteiger partial charge in [0.15, 0.2) is 0 Å². The molecule has 1 aromatic rings. The van der Waals surface area contributed by atoms with Crippen LogP contribution in [0.15, 0.2) is 17.5 Å². The van der Waals surface area contributed by atoms with Crippen LogP contribution < -0.4 is 5.32 Å². The Balaban J connectivity index is 1.38. The van der Waals surface area contributed by atoms with Crippen molar-refractivity contribution in [2.75, 3.05) is 32.7 Å². The van der Waals surface area contributed by atoms with Gasteiger partial charge in [0.1, 0.15) is 0 Å². The van der Waals surface area contributed by atoms with Gasteiger partial charge >= 0.3 is 0 Å². The molecule has 0 radical (unpaired) electrons. The van der Waals surface area contributed by atoms with Crippen molar-refractivity contribution in [2.45, 2.75) is 44.4 Å². The first-order valence-electron chi connectivity index (χ1n) is 8.66. The van der Waals surface area contributed by atoms with E-state index in [9.17, 15) is 9.90 Å². The van der Waals surface area contributed by atoms with Crippen LogP contribution in [0, 0.1) is 0 Å². The molecular weight excluding hydrogens is 310 g/mol. The number of hydrogen-bond acceptors (Lipinski definition) is 5. The van der Waals surface area contributed by atoms with Crippen molar-refractivity contribution in [1.29, 1.82) is 0 Å². The van der Waals surface area contributed by atoms with Gasteiger partial charge in [0.05, 0.1) is 12.6 Å². The average molecular weight is 337 g/mol. The Labute approximate surface area is 142 Å². The maximum Gasteiger partial charge on any atom is 0.221 e. The Morgan fingerprint density at radius 1 is 1.30 bits per heavy atom. The molecule has 2 N–H and O–H groups in total. The number of carbonyl (C=O) groups excluding carboxylic acids is 1. The number of β-amino-alcohol motifs (C(OH)–C–C–N with tert-alkyl or cyclic N) is 1. The molecule has 0 aliphatic carbocycles. The monoisotopic (exact) mass is 337 g/mol. The van der Waals surface area contributed by atoms with Crippen LogP contribution in [0.25, 0.3) is 0 Å². The van der Waals surface area contributed by atoms with E-state index in [-0.39, 0.29) is 18.1 Å². The first-order valence-corrected chi connectivity index (χ1v) is 9.54. The van der Waals surface area contributed by atoms with Gasteiger partial charge in [0, 0.05) is 37.0 Å². The molecule has 2 aliphatic rings. The number of carbonyl (C=O) groups is 1. The number of rotatable bonds is 6. The molecule has 2 fully saturated rings. The SMILES string of the molecule is O=C(CCN1C[C@H](O)[C@@H](N2CCCCC2)C1)NCc1cccs1. The van der Waals surface area contributed by atoms with Crippen LogP contribution in [0.2, 0.25) is 0 Å². The highest BCUT2D eigenvalue weighted by molar-refractivity contribution is 7.09. The largest absolute Gasteiger partial charge is 0.390 e. The number of piperidine rings is 1. The number of aliphatic hydroxyl groups excluding tert-OH is 1. The minimum absolute atomic E-state index is 0.0920. The smallest absolute Gasteiger partial charge is 0.221 e. The molecule has 0 bridgehead atoms. The van der Waals surface area contributed by atoms with Gasteiger partial charge in [0.25, 0.3) is 0 Å². The van der Waals surface area contributed by atoms with Crippen molar-refractivity contribution in [3.8, 4) is 0 Å². The van der Waals surface area contributed by atoms with Crippen LogP contribution in [0.1, 0.15) is 30.6 Å². The van der Waals surface area contributed by atoms with Crippen molar-refractivity contribution in [2.24, 2.45) is 0 Å². The molecular formula is C17H27N3O2S. The second-order valence-corrected chi connectivity index (χ2v) is 7.63. The molecule has 2 saturated heterocycles. The predicted octanol–water partition coefficient (Wildman–Crippen LogP) is 1.29. The van der Waals surface area contributed by atoms with Gasteiger partial charge < -0.3 is 10.4 Å². The molecule has 0 unspecified atom stereocenters. The van der Waals surface area contributed by atoms with Crippen molar-refractivity contribution in [3.63, 3.8) is 0 Å². The summed E-state index contributed by atoms with van der Waals surface area (Å²) < 4.78 is 0. The van der Waals surface area contributed by atoms with E-state index in [1.165, 1.54) is 24.1 Å². The van der Waals surface area contributed by atoms with Crippen molar-refractivity contribution in [3.05, 3.63) is 22.4 Å². The highest BCUT2D eigenvalue weighted by Crippen LogP contribution is 2.20. The fraction of sp³-hybridized carbons (Fsp3) is 0.706. The second kappa shape index (κ2) is 8.24.